The summed E-state index contributed by atoms with van der Waals surface area (Å²) in [7, 11) is 0. The van der Waals surface area contributed by atoms with Gasteiger partial charge in [0.05, 0.1) is 10.9 Å². The summed E-state index contributed by atoms with van der Waals surface area (Å²) < 4.78 is 1.86. The van der Waals surface area contributed by atoms with Crippen molar-refractivity contribution in [1.82, 2.24) is 9.55 Å². The predicted octanol–water partition coefficient (Wildman–Crippen LogP) is 4.58. The SMILES string of the molecule is CCn1c(=S)[nH]c2cc(C(=O)Nc3ccc4c5c(cccc35)CC4)ccc2c1=O. The predicted molar refractivity (Wildman–Crippen MR) is 118 cm³/mol. The van der Waals surface area contributed by atoms with Crippen LogP contribution in [0.4, 0.5) is 5.69 Å². The van der Waals surface area contributed by atoms with E-state index in [1.54, 1.807) is 18.2 Å². The van der Waals surface area contributed by atoms with Crippen molar-refractivity contribution in [2.75, 3.05) is 5.32 Å². The van der Waals surface area contributed by atoms with Crippen molar-refractivity contribution in [1.29, 1.82) is 0 Å². The fourth-order valence-corrected chi connectivity index (χ4v) is 4.56. The molecular weight excluding hydrogens is 382 g/mol. The molecule has 1 aliphatic rings. The summed E-state index contributed by atoms with van der Waals surface area (Å²) in [4.78, 5) is 28.5. The number of aromatic nitrogens is 2. The lowest BCUT2D eigenvalue weighted by molar-refractivity contribution is 0.102. The van der Waals surface area contributed by atoms with Crippen LogP contribution in [0.25, 0.3) is 21.7 Å². The molecule has 4 aromatic rings. The highest BCUT2D eigenvalue weighted by Gasteiger charge is 2.17. The van der Waals surface area contributed by atoms with Crippen LogP contribution >= 0.6 is 12.2 Å². The van der Waals surface area contributed by atoms with Gasteiger partial charge in [-0.25, -0.2) is 0 Å². The quantitative estimate of drug-likeness (QED) is 0.494. The molecule has 0 saturated heterocycles. The van der Waals surface area contributed by atoms with Gasteiger partial charge in [-0.1, -0.05) is 24.3 Å². The molecule has 0 bridgehead atoms. The number of amides is 1. The van der Waals surface area contributed by atoms with Crippen molar-refractivity contribution in [3.63, 3.8) is 0 Å². The highest BCUT2D eigenvalue weighted by molar-refractivity contribution is 7.71. The van der Waals surface area contributed by atoms with Gasteiger partial charge in [0.25, 0.3) is 11.5 Å². The molecule has 29 heavy (non-hydrogen) atoms. The van der Waals surface area contributed by atoms with Gasteiger partial charge in [-0.2, -0.15) is 0 Å². The van der Waals surface area contributed by atoms with Crippen LogP contribution in [-0.4, -0.2) is 15.5 Å². The Labute approximate surface area is 172 Å². The van der Waals surface area contributed by atoms with Gasteiger partial charge in [-0.15, -0.1) is 0 Å². The first kappa shape index (κ1) is 17.8. The Kier molecular flexibility index (Phi) is 4.10. The van der Waals surface area contributed by atoms with Crippen LogP contribution in [0.3, 0.4) is 0 Å². The van der Waals surface area contributed by atoms with Gasteiger partial charge < -0.3 is 10.3 Å². The van der Waals surface area contributed by atoms with Crippen molar-refractivity contribution in [2.24, 2.45) is 0 Å². The minimum Gasteiger partial charge on any atom is -0.332 e. The van der Waals surface area contributed by atoms with E-state index in [0.29, 0.717) is 27.8 Å². The fourth-order valence-electron chi connectivity index (χ4n) is 4.23. The largest absolute Gasteiger partial charge is 0.332 e. The van der Waals surface area contributed by atoms with Crippen LogP contribution < -0.4 is 10.9 Å². The normalized spacial score (nSPS) is 12.6. The van der Waals surface area contributed by atoms with Gasteiger partial charge in [0, 0.05) is 23.2 Å². The first-order chi connectivity index (χ1) is 14.1. The number of hydrogen-bond donors (Lipinski definition) is 2. The Hall–Kier alpha value is -3.25. The van der Waals surface area contributed by atoms with Crippen molar-refractivity contribution in [3.8, 4) is 0 Å². The average molecular weight is 401 g/mol. The zero-order valence-corrected chi connectivity index (χ0v) is 16.7. The zero-order chi connectivity index (χ0) is 20.1. The molecule has 0 fully saturated rings. The van der Waals surface area contributed by atoms with Gasteiger partial charge >= 0.3 is 0 Å². The number of fused-ring (bicyclic) bond motifs is 1. The Morgan fingerprint density at radius 3 is 2.69 bits per heavy atom. The van der Waals surface area contributed by atoms with E-state index >= 15 is 0 Å². The molecule has 3 aromatic carbocycles. The highest BCUT2D eigenvalue weighted by atomic mass is 32.1. The van der Waals surface area contributed by atoms with E-state index in [1.165, 1.54) is 21.1 Å². The molecule has 0 spiro atoms. The number of nitrogens with one attached hydrogen (secondary N) is 2. The number of aromatic amines is 1. The molecule has 0 unspecified atom stereocenters. The average Bonchev–Trinajstić information content (AvgIpc) is 3.14. The van der Waals surface area contributed by atoms with Crippen molar-refractivity contribution in [2.45, 2.75) is 26.3 Å². The van der Waals surface area contributed by atoms with Crippen LogP contribution in [0.5, 0.6) is 0 Å². The minimum absolute atomic E-state index is 0.147. The Morgan fingerprint density at radius 2 is 1.90 bits per heavy atom. The summed E-state index contributed by atoms with van der Waals surface area (Å²) in [6.07, 6.45) is 2.09. The number of aryl methyl sites for hydroxylation is 2. The second-order valence-corrected chi connectivity index (χ2v) is 7.69. The van der Waals surface area contributed by atoms with E-state index in [0.717, 1.165) is 23.9 Å². The lowest BCUT2D eigenvalue weighted by Gasteiger charge is -2.11. The molecule has 144 valence electrons. The molecule has 0 aliphatic heterocycles. The monoisotopic (exact) mass is 401 g/mol. The number of carbonyl (C=O) groups is 1. The zero-order valence-electron chi connectivity index (χ0n) is 15.9. The number of rotatable bonds is 3. The number of hydrogen-bond acceptors (Lipinski definition) is 3. The maximum atomic E-state index is 12.9. The minimum atomic E-state index is -0.218. The van der Waals surface area contributed by atoms with E-state index in [4.69, 9.17) is 12.2 Å². The van der Waals surface area contributed by atoms with Crippen LogP contribution in [0.2, 0.25) is 0 Å². The maximum absolute atomic E-state index is 12.9. The lowest BCUT2D eigenvalue weighted by Crippen LogP contribution is -2.21. The van der Waals surface area contributed by atoms with Gasteiger partial charge in [0.1, 0.15) is 0 Å². The van der Waals surface area contributed by atoms with Gasteiger partial charge in [0.15, 0.2) is 4.77 Å². The third kappa shape index (κ3) is 2.79. The molecule has 1 aliphatic carbocycles. The molecule has 0 atom stereocenters. The van der Waals surface area contributed by atoms with Gasteiger partial charge in [-0.3, -0.25) is 14.2 Å². The van der Waals surface area contributed by atoms with Crippen LogP contribution in [0.1, 0.15) is 28.4 Å². The fraction of sp³-hybridized carbons (Fsp3) is 0.174. The van der Waals surface area contributed by atoms with Gasteiger partial charge in [0.2, 0.25) is 0 Å². The second-order valence-electron chi connectivity index (χ2n) is 7.31. The summed E-state index contributed by atoms with van der Waals surface area (Å²) in [5, 5.41) is 5.88. The first-order valence-corrected chi connectivity index (χ1v) is 10.1. The van der Waals surface area contributed by atoms with Crippen molar-refractivity contribution >= 4 is 45.5 Å². The Bertz CT molecular complexity index is 1420. The van der Waals surface area contributed by atoms with Gasteiger partial charge in [-0.05, 0) is 72.8 Å². The first-order valence-electron chi connectivity index (χ1n) is 9.68. The molecule has 0 saturated carbocycles. The third-order valence-electron chi connectivity index (χ3n) is 5.69. The van der Waals surface area contributed by atoms with Crippen LogP contribution in [0.15, 0.2) is 53.3 Å². The molecule has 5 nitrogen and oxygen atoms in total. The number of carbonyl (C=O) groups excluding carboxylic acids is 1. The number of benzene rings is 3. The summed E-state index contributed by atoms with van der Waals surface area (Å²) >= 11 is 5.27. The summed E-state index contributed by atoms with van der Waals surface area (Å²) in [6, 6.07) is 15.3. The van der Waals surface area contributed by atoms with E-state index < -0.39 is 0 Å². The molecular formula is C23H19N3O2S. The Balaban J connectivity index is 1.55. The van der Waals surface area contributed by atoms with E-state index in [1.807, 2.05) is 25.1 Å². The molecule has 1 aromatic heterocycles. The molecule has 2 N–H and O–H groups in total. The maximum Gasteiger partial charge on any atom is 0.262 e. The topological polar surface area (TPSA) is 66.9 Å². The number of H-pyrrole nitrogens is 1. The van der Waals surface area contributed by atoms with Crippen LogP contribution in [-0.2, 0) is 19.4 Å². The molecule has 6 heteroatoms. The standard InChI is InChI=1S/C23H19N3O2S/c1-2-26-22(28)17-10-8-15(12-19(17)25-23(26)29)21(27)24-18-11-9-14-7-6-13-4-3-5-16(18)20(13)14/h3-5,8-12H,2,6-7H2,1H3,(H,24,27)(H,25,29). The summed E-state index contributed by atoms with van der Waals surface area (Å²) in [5.41, 5.74) is 4.36. The van der Waals surface area contributed by atoms with E-state index in [9.17, 15) is 9.59 Å². The molecule has 1 heterocycles. The summed E-state index contributed by atoms with van der Waals surface area (Å²) in [6.45, 7) is 2.37. The van der Waals surface area contributed by atoms with E-state index in [-0.39, 0.29) is 11.5 Å². The van der Waals surface area contributed by atoms with Crippen LogP contribution in [0, 0.1) is 4.77 Å². The second kappa shape index (κ2) is 6.67. The molecule has 1 amide bonds. The third-order valence-corrected chi connectivity index (χ3v) is 6.01. The smallest absolute Gasteiger partial charge is 0.262 e. The highest BCUT2D eigenvalue weighted by Crippen LogP contribution is 2.35. The Morgan fingerprint density at radius 1 is 1.10 bits per heavy atom. The molecule has 0 radical (unpaired) electrons. The number of anilines is 1. The lowest BCUT2D eigenvalue weighted by atomic mass is 10.0. The van der Waals surface area contributed by atoms with Crippen molar-refractivity contribution in [3.05, 3.63) is 80.3 Å². The molecule has 5 rings (SSSR count). The summed E-state index contributed by atoms with van der Waals surface area (Å²) in [5.74, 6) is -0.218. The van der Waals surface area contributed by atoms with E-state index in [2.05, 4.69) is 22.4 Å². The number of nitrogens with zero attached hydrogens (tertiary/aromatic N) is 1. The van der Waals surface area contributed by atoms with Crippen molar-refractivity contribution < 1.29 is 4.79 Å².